The van der Waals surface area contributed by atoms with E-state index >= 15 is 0 Å². The van der Waals surface area contributed by atoms with Crippen molar-refractivity contribution in [1.82, 2.24) is 15.5 Å². The Morgan fingerprint density at radius 3 is 2.16 bits per heavy atom. The predicted octanol–water partition coefficient (Wildman–Crippen LogP) is 7.80. The molecular weight excluding hydrogens is 550 g/mol. The zero-order chi connectivity index (χ0) is 26.8. The van der Waals surface area contributed by atoms with E-state index in [0.717, 1.165) is 49.2 Å². The molecule has 0 aliphatic rings. The van der Waals surface area contributed by atoms with Crippen LogP contribution in [0.15, 0.2) is 60.7 Å². The van der Waals surface area contributed by atoms with Gasteiger partial charge >= 0.3 is 6.03 Å². The van der Waals surface area contributed by atoms with Gasteiger partial charge in [-0.1, -0.05) is 76.7 Å². The number of nitrogens with zero attached hydrogens (tertiary/aromatic N) is 1. The van der Waals surface area contributed by atoms with E-state index in [4.69, 9.17) is 46.4 Å². The molecule has 3 rings (SSSR count). The zero-order valence-electron chi connectivity index (χ0n) is 21.0. The van der Waals surface area contributed by atoms with Gasteiger partial charge in [0, 0.05) is 28.2 Å². The van der Waals surface area contributed by atoms with Crippen LogP contribution in [0.5, 0.6) is 0 Å². The lowest BCUT2D eigenvalue weighted by Gasteiger charge is -2.20. The largest absolute Gasteiger partial charge is 0.337 e. The lowest BCUT2D eigenvalue weighted by molar-refractivity contribution is 0.251. The summed E-state index contributed by atoms with van der Waals surface area (Å²) in [7, 11) is 4.15. The van der Waals surface area contributed by atoms with Gasteiger partial charge in [0.15, 0.2) is 0 Å². The highest BCUT2D eigenvalue weighted by atomic mass is 35.5. The Kier molecular flexibility index (Phi) is 11.8. The molecule has 0 radical (unpaired) electrons. The molecular formula is C28H32Cl4N4O. The molecule has 37 heavy (non-hydrogen) atoms. The van der Waals surface area contributed by atoms with Gasteiger partial charge in [0.2, 0.25) is 0 Å². The molecule has 198 valence electrons. The second-order valence-electron chi connectivity index (χ2n) is 9.14. The van der Waals surface area contributed by atoms with Crippen LogP contribution >= 0.6 is 46.4 Å². The number of urea groups is 1. The highest BCUT2D eigenvalue weighted by molar-refractivity contribution is 6.42. The quantitative estimate of drug-likeness (QED) is 0.191. The average molecular weight is 582 g/mol. The number of carbonyl (C=O) groups excluding carboxylic acids is 1. The van der Waals surface area contributed by atoms with E-state index in [1.54, 1.807) is 24.3 Å². The fraction of sp³-hybridized carbons (Fsp3) is 0.321. The maximum atomic E-state index is 12.6. The molecule has 2 amide bonds. The van der Waals surface area contributed by atoms with Crippen LogP contribution in [0.4, 0.5) is 10.5 Å². The van der Waals surface area contributed by atoms with Crippen LogP contribution in [-0.2, 0) is 0 Å². The number of halogens is 4. The first-order chi connectivity index (χ1) is 17.7. The molecule has 0 bridgehead atoms. The summed E-state index contributed by atoms with van der Waals surface area (Å²) < 4.78 is 0. The third-order valence-electron chi connectivity index (χ3n) is 5.89. The molecule has 0 aliphatic carbocycles. The number of amides is 2. The van der Waals surface area contributed by atoms with Gasteiger partial charge in [0.25, 0.3) is 0 Å². The molecule has 0 fully saturated rings. The minimum absolute atomic E-state index is 0.123. The summed E-state index contributed by atoms with van der Waals surface area (Å²) in [5.41, 5.74) is 3.73. The molecule has 0 spiro atoms. The maximum Gasteiger partial charge on any atom is 0.319 e. The van der Waals surface area contributed by atoms with Crippen molar-refractivity contribution in [2.24, 2.45) is 0 Å². The highest BCUT2D eigenvalue weighted by Crippen LogP contribution is 2.30. The number of rotatable bonds is 12. The Labute approximate surface area is 239 Å². The van der Waals surface area contributed by atoms with Crippen molar-refractivity contribution < 1.29 is 4.79 Å². The normalized spacial score (nSPS) is 12.0. The standard InChI is InChI=1S/C28H32Cl4N4O/c1-36(2)13-3-11-33-12-10-22(18-34-28(37)35-25-16-23(29)15-24(30)17-25)20-6-4-19(5-7-20)21-8-9-26(31)27(32)14-21/h4-9,14-17,22,33H,3,10-13,18H2,1-2H3,(H2,34,35,37). The van der Waals surface area contributed by atoms with E-state index in [1.165, 1.54) is 0 Å². The van der Waals surface area contributed by atoms with Gasteiger partial charge in [-0.2, -0.15) is 0 Å². The number of anilines is 1. The third-order valence-corrected chi connectivity index (χ3v) is 7.07. The Balaban J connectivity index is 1.65. The first-order valence-corrected chi connectivity index (χ1v) is 13.6. The lowest BCUT2D eigenvalue weighted by atomic mass is 9.93. The minimum atomic E-state index is -0.310. The van der Waals surface area contributed by atoms with Gasteiger partial charge in [-0.05, 0) is 93.6 Å². The fourth-order valence-electron chi connectivity index (χ4n) is 3.95. The van der Waals surface area contributed by atoms with E-state index in [0.29, 0.717) is 32.3 Å². The van der Waals surface area contributed by atoms with Crippen molar-refractivity contribution in [3.05, 3.63) is 86.3 Å². The van der Waals surface area contributed by atoms with Gasteiger partial charge in [0.1, 0.15) is 0 Å². The van der Waals surface area contributed by atoms with E-state index in [2.05, 4.69) is 59.2 Å². The van der Waals surface area contributed by atoms with Crippen LogP contribution in [0, 0.1) is 0 Å². The van der Waals surface area contributed by atoms with E-state index < -0.39 is 0 Å². The van der Waals surface area contributed by atoms with E-state index in [9.17, 15) is 4.79 Å². The Bertz CT molecular complexity index is 1150. The van der Waals surface area contributed by atoms with Crippen LogP contribution in [0.2, 0.25) is 20.1 Å². The molecule has 0 heterocycles. The van der Waals surface area contributed by atoms with Gasteiger partial charge in [-0.25, -0.2) is 4.79 Å². The van der Waals surface area contributed by atoms with Crippen molar-refractivity contribution in [2.45, 2.75) is 18.8 Å². The van der Waals surface area contributed by atoms with Crippen LogP contribution in [0.25, 0.3) is 11.1 Å². The van der Waals surface area contributed by atoms with Crippen LogP contribution in [0.1, 0.15) is 24.3 Å². The second-order valence-corrected chi connectivity index (χ2v) is 10.8. The molecule has 0 aromatic heterocycles. The first-order valence-electron chi connectivity index (χ1n) is 12.1. The number of hydrogen-bond acceptors (Lipinski definition) is 3. The summed E-state index contributed by atoms with van der Waals surface area (Å²) in [6, 6.07) is 18.6. The SMILES string of the molecule is CN(C)CCCNCCC(CNC(=O)Nc1cc(Cl)cc(Cl)c1)c1ccc(-c2ccc(Cl)c(Cl)c2)cc1. The van der Waals surface area contributed by atoms with Crippen LogP contribution < -0.4 is 16.0 Å². The molecule has 5 nitrogen and oxygen atoms in total. The Hall–Kier alpha value is -1.99. The number of carbonyl (C=O) groups is 1. The summed E-state index contributed by atoms with van der Waals surface area (Å²) in [4.78, 5) is 14.8. The molecule has 3 N–H and O–H groups in total. The maximum absolute atomic E-state index is 12.6. The predicted molar refractivity (Wildman–Crippen MR) is 159 cm³/mol. The molecule has 9 heteroatoms. The summed E-state index contributed by atoms with van der Waals surface area (Å²) >= 11 is 24.4. The molecule has 0 saturated carbocycles. The Morgan fingerprint density at radius 2 is 1.51 bits per heavy atom. The minimum Gasteiger partial charge on any atom is -0.337 e. The first kappa shape index (κ1) is 29.6. The molecule has 0 saturated heterocycles. The van der Waals surface area contributed by atoms with Crippen LogP contribution in [-0.4, -0.2) is 51.2 Å². The van der Waals surface area contributed by atoms with E-state index in [-0.39, 0.29) is 11.9 Å². The summed E-state index contributed by atoms with van der Waals surface area (Å²) in [6.07, 6.45) is 1.95. The molecule has 1 unspecified atom stereocenters. The van der Waals surface area contributed by atoms with Crippen molar-refractivity contribution >= 4 is 58.1 Å². The molecule has 3 aromatic carbocycles. The topological polar surface area (TPSA) is 56.4 Å². The van der Waals surface area contributed by atoms with E-state index in [1.807, 2.05) is 12.1 Å². The highest BCUT2D eigenvalue weighted by Gasteiger charge is 2.14. The van der Waals surface area contributed by atoms with Crippen LogP contribution in [0.3, 0.4) is 0 Å². The van der Waals surface area contributed by atoms with Gasteiger partial charge in [-0.3, -0.25) is 0 Å². The van der Waals surface area contributed by atoms with Gasteiger partial charge in [-0.15, -0.1) is 0 Å². The average Bonchev–Trinajstić information content (AvgIpc) is 2.84. The molecule has 0 aliphatic heterocycles. The summed E-state index contributed by atoms with van der Waals surface area (Å²) in [6.45, 7) is 3.32. The molecule has 1 atom stereocenters. The lowest BCUT2D eigenvalue weighted by Crippen LogP contribution is -2.33. The smallest absolute Gasteiger partial charge is 0.319 e. The van der Waals surface area contributed by atoms with Crippen molar-refractivity contribution in [2.75, 3.05) is 45.6 Å². The molecule has 3 aromatic rings. The number of nitrogens with one attached hydrogen (secondary N) is 3. The number of hydrogen-bond donors (Lipinski definition) is 3. The second kappa shape index (κ2) is 14.8. The summed E-state index contributed by atoms with van der Waals surface area (Å²) in [5.74, 6) is 0.123. The fourth-order valence-corrected chi connectivity index (χ4v) is 4.77. The Morgan fingerprint density at radius 1 is 0.838 bits per heavy atom. The van der Waals surface area contributed by atoms with Crippen molar-refractivity contribution in [1.29, 1.82) is 0 Å². The summed E-state index contributed by atoms with van der Waals surface area (Å²) in [5, 5.41) is 11.3. The third kappa shape index (κ3) is 10.0. The van der Waals surface area contributed by atoms with Gasteiger partial charge in [0.05, 0.1) is 10.0 Å². The van der Waals surface area contributed by atoms with Crippen molar-refractivity contribution in [3.63, 3.8) is 0 Å². The monoisotopic (exact) mass is 580 g/mol. The van der Waals surface area contributed by atoms with Crippen molar-refractivity contribution in [3.8, 4) is 11.1 Å². The van der Waals surface area contributed by atoms with Gasteiger partial charge < -0.3 is 20.9 Å². The zero-order valence-corrected chi connectivity index (χ0v) is 24.0. The number of benzene rings is 3.